The zero-order valence-corrected chi connectivity index (χ0v) is 11.4. The summed E-state index contributed by atoms with van der Waals surface area (Å²) in [6.45, 7) is 0. The minimum atomic E-state index is -0.0863. The van der Waals surface area contributed by atoms with E-state index < -0.39 is 0 Å². The van der Waals surface area contributed by atoms with E-state index in [-0.39, 0.29) is 5.78 Å². The number of azide groups is 1. The Morgan fingerprint density at radius 1 is 1.14 bits per heavy atom. The molecule has 0 aliphatic rings. The second kappa shape index (κ2) is 6.93. The summed E-state index contributed by atoms with van der Waals surface area (Å²) >= 11 is 0. The lowest BCUT2D eigenvalue weighted by Crippen LogP contribution is -1.94. The fraction of sp³-hybridized carbons (Fsp3) is 0.0625. The van der Waals surface area contributed by atoms with Crippen molar-refractivity contribution in [3.8, 4) is 5.75 Å². The molecule has 0 unspecified atom stereocenters. The molecule has 5 nitrogen and oxygen atoms in total. The molecule has 21 heavy (non-hydrogen) atoms. The molecule has 0 fully saturated rings. The molecule has 0 saturated heterocycles. The van der Waals surface area contributed by atoms with Gasteiger partial charge in [-0.15, -0.1) is 0 Å². The molecule has 0 amide bonds. The van der Waals surface area contributed by atoms with Crippen LogP contribution in [0.2, 0.25) is 0 Å². The minimum absolute atomic E-state index is 0.0863. The van der Waals surface area contributed by atoms with Crippen molar-refractivity contribution in [2.75, 3.05) is 7.11 Å². The lowest BCUT2D eigenvalue weighted by molar-refractivity contribution is 0.104. The molecule has 0 heterocycles. The van der Waals surface area contributed by atoms with E-state index in [1.54, 1.807) is 61.7 Å². The quantitative estimate of drug-likeness (QED) is 0.265. The van der Waals surface area contributed by atoms with Gasteiger partial charge in [0.05, 0.1) is 7.11 Å². The van der Waals surface area contributed by atoms with Crippen LogP contribution in [-0.2, 0) is 0 Å². The first-order chi connectivity index (χ1) is 10.2. The average Bonchev–Trinajstić information content (AvgIpc) is 2.54. The number of allylic oxidation sites excluding steroid dienone is 1. The second-order valence-electron chi connectivity index (χ2n) is 4.21. The van der Waals surface area contributed by atoms with Gasteiger partial charge in [-0.05, 0) is 41.4 Å². The summed E-state index contributed by atoms with van der Waals surface area (Å²) in [5, 5.41) is 3.48. The van der Waals surface area contributed by atoms with Crippen LogP contribution in [0.25, 0.3) is 16.5 Å². The predicted octanol–water partition coefficient (Wildman–Crippen LogP) is 4.53. The topological polar surface area (TPSA) is 75.1 Å². The van der Waals surface area contributed by atoms with Gasteiger partial charge in [0.25, 0.3) is 0 Å². The van der Waals surface area contributed by atoms with Gasteiger partial charge in [-0.25, -0.2) is 0 Å². The van der Waals surface area contributed by atoms with Gasteiger partial charge in [0, 0.05) is 16.2 Å². The number of hydrogen-bond acceptors (Lipinski definition) is 3. The Balaban J connectivity index is 2.08. The van der Waals surface area contributed by atoms with Crippen LogP contribution in [0.15, 0.2) is 59.7 Å². The van der Waals surface area contributed by atoms with Crippen LogP contribution in [0.1, 0.15) is 15.9 Å². The van der Waals surface area contributed by atoms with Gasteiger partial charge in [0.1, 0.15) is 5.75 Å². The van der Waals surface area contributed by atoms with Crippen LogP contribution in [0.3, 0.4) is 0 Å². The molecule has 2 rings (SSSR count). The number of nitrogens with zero attached hydrogens (tertiary/aromatic N) is 3. The first kappa shape index (κ1) is 14.4. The molecule has 0 atom stereocenters. The van der Waals surface area contributed by atoms with Gasteiger partial charge in [-0.3, -0.25) is 4.79 Å². The fourth-order valence-corrected chi connectivity index (χ4v) is 1.73. The van der Waals surface area contributed by atoms with Gasteiger partial charge in [0.15, 0.2) is 5.78 Å². The van der Waals surface area contributed by atoms with E-state index in [9.17, 15) is 4.79 Å². The third kappa shape index (κ3) is 3.96. The van der Waals surface area contributed by atoms with Crippen molar-refractivity contribution in [1.82, 2.24) is 0 Å². The molecule has 0 radical (unpaired) electrons. The highest BCUT2D eigenvalue weighted by Gasteiger charge is 2.01. The van der Waals surface area contributed by atoms with Crippen molar-refractivity contribution in [2.45, 2.75) is 0 Å². The lowest BCUT2D eigenvalue weighted by Gasteiger charge is -2.00. The number of methoxy groups -OCH3 is 1. The van der Waals surface area contributed by atoms with E-state index in [4.69, 9.17) is 10.3 Å². The summed E-state index contributed by atoms with van der Waals surface area (Å²) in [5.74, 6) is 0.626. The van der Waals surface area contributed by atoms with Crippen molar-refractivity contribution in [3.63, 3.8) is 0 Å². The summed E-state index contributed by atoms with van der Waals surface area (Å²) in [7, 11) is 1.58. The molecule has 0 spiro atoms. The Morgan fingerprint density at radius 3 is 2.38 bits per heavy atom. The van der Waals surface area contributed by atoms with Crippen LogP contribution in [0.5, 0.6) is 5.75 Å². The van der Waals surface area contributed by atoms with Crippen LogP contribution in [0, 0.1) is 0 Å². The van der Waals surface area contributed by atoms with Crippen molar-refractivity contribution in [2.24, 2.45) is 5.11 Å². The highest BCUT2D eigenvalue weighted by molar-refractivity contribution is 6.06. The van der Waals surface area contributed by atoms with E-state index in [0.717, 1.165) is 5.56 Å². The zero-order valence-electron chi connectivity index (χ0n) is 11.4. The second-order valence-corrected chi connectivity index (χ2v) is 4.21. The highest BCUT2D eigenvalue weighted by Crippen LogP contribution is 2.15. The molecule has 0 aromatic heterocycles. The number of hydrogen-bond donors (Lipinski definition) is 0. The van der Waals surface area contributed by atoms with Crippen LogP contribution >= 0.6 is 0 Å². The third-order valence-corrected chi connectivity index (χ3v) is 2.85. The van der Waals surface area contributed by atoms with Crippen molar-refractivity contribution in [1.29, 1.82) is 0 Å². The van der Waals surface area contributed by atoms with Crippen LogP contribution in [-0.4, -0.2) is 12.9 Å². The molecule has 2 aromatic rings. The maximum absolute atomic E-state index is 12.0. The number of carbonyl (C=O) groups excluding carboxylic acids is 1. The SMILES string of the molecule is COc1ccc(C(=O)/C=C\c2ccc(N=[N+]=[N-])cc2)cc1. The predicted molar refractivity (Wildman–Crippen MR) is 81.6 cm³/mol. The number of rotatable bonds is 5. The van der Waals surface area contributed by atoms with Crippen LogP contribution in [0.4, 0.5) is 5.69 Å². The Labute approximate surface area is 122 Å². The van der Waals surface area contributed by atoms with Gasteiger partial charge >= 0.3 is 0 Å². The molecule has 2 aromatic carbocycles. The summed E-state index contributed by atoms with van der Waals surface area (Å²) in [4.78, 5) is 14.7. The van der Waals surface area contributed by atoms with Crippen LogP contribution < -0.4 is 4.74 Å². The standard InChI is InChI=1S/C16H13N3O2/c1-21-15-9-5-13(6-10-15)16(20)11-4-12-2-7-14(8-3-12)18-19-17/h2-11H,1H3/b11-4-. The summed E-state index contributed by atoms with van der Waals surface area (Å²) in [6.07, 6.45) is 3.22. The highest BCUT2D eigenvalue weighted by atomic mass is 16.5. The first-order valence-electron chi connectivity index (χ1n) is 6.24. The lowest BCUT2D eigenvalue weighted by atomic mass is 10.1. The first-order valence-corrected chi connectivity index (χ1v) is 6.24. The Kier molecular flexibility index (Phi) is 4.75. The normalized spacial score (nSPS) is 10.1. The van der Waals surface area contributed by atoms with E-state index in [0.29, 0.717) is 17.0 Å². The molecule has 104 valence electrons. The van der Waals surface area contributed by atoms with Crippen molar-refractivity contribution < 1.29 is 9.53 Å². The van der Waals surface area contributed by atoms with E-state index in [1.807, 2.05) is 0 Å². The summed E-state index contributed by atoms with van der Waals surface area (Å²) in [6, 6.07) is 13.9. The molecule has 0 N–H and O–H groups in total. The summed E-state index contributed by atoms with van der Waals surface area (Å²) < 4.78 is 5.05. The smallest absolute Gasteiger partial charge is 0.185 e. The largest absolute Gasteiger partial charge is 0.497 e. The van der Waals surface area contributed by atoms with E-state index in [2.05, 4.69) is 10.0 Å². The number of carbonyl (C=O) groups is 1. The van der Waals surface area contributed by atoms with Gasteiger partial charge in [-0.2, -0.15) is 0 Å². The molecule has 0 bridgehead atoms. The maximum Gasteiger partial charge on any atom is 0.185 e. The molecule has 0 aliphatic carbocycles. The van der Waals surface area contributed by atoms with E-state index >= 15 is 0 Å². The Morgan fingerprint density at radius 2 is 1.81 bits per heavy atom. The number of ketones is 1. The molecular weight excluding hydrogens is 266 g/mol. The molecular formula is C16H13N3O2. The zero-order chi connectivity index (χ0) is 15.1. The number of benzene rings is 2. The maximum atomic E-state index is 12.0. The molecule has 0 saturated carbocycles. The van der Waals surface area contributed by atoms with Gasteiger partial charge in [0.2, 0.25) is 0 Å². The summed E-state index contributed by atoms with van der Waals surface area (Å²) in [5.41, 5.74) is 10.3. The number of ether oxygens (including phenoxy) is 1. The average molecular weight is 279 g/mol. The van der Waals surface area contributed by atoms with Gasteiger partial charge in [-0.1, -0.05) is 35.5 Å². The third-order valence-electron chi connectivity index (χ3n) is 2.85. The van der Waals surface area contributed by atoms with Crippen molar-refractivity contribution >= 4 is 17.5 Å². The fourth-order valence-electron chi connectivity index (χ4n) is 1.73. The molecule has 5 heteroatoms. The van der Waals surface area contributed by atoms with Gasteiger partial charge < -0.3 is 4.74 Å². The van der Waals surface area contributed by atoms with Crippen molar-refractivity contribution in [3.05, 3.63) is 76.2 Å². The monoisotopic (exact) mass is 279 g/mol. The van der Waals surface area contributed by atoms with E-state index in [1.165, 1.54) is 6.08 Å². The Bertz CT molecular complexity index is 697. The molecule has 0 aliphatic heterocycles. The minimum Gasteiger partial charge on any atom is -0.497 e. The Hall–Kier alpha value is -3.04.